The fourth-order valence-corrected chi connectivity index (χ4v) is 2.20. The molecule has 126 valence electrons. The summed E-state index contributed by atoms with van der Waals surface area (Å²) < 4.78 is 6.51. The van der Waals surface area contributed by atoms with Gasteiger partial charge in [-0.2, -0.15) is 0 Å². The number of ether oxygens (including phenoxy) is 1. The lowest BCUT2D eigenvalue weighted by molar-refractivity contribution is -0.147. The maximum absolute atomic E-state index is 11.8. The van der Waals surface area contributed by atoms with E-state index in [0.29, 0.717) is 5.69 Å². The van der Waals surface area contributed by atoms with Gasteiger partial charge in [-0.1, -0.05) is 18.2 Å². The molecule has 2 amide bonds. The first-order valence-electron chi connectivity index (χ1n) is 7.54. The van der Waals surface area contributed by atoms with Gasteiger partial charge < -0.3 is 9.30 Å². The van der Waals surface area contributed by atoms with Gasteiger partial charge in [0.15, 0.2) is 6.61 Å². The number of carbonyl (C=O) groups excluding carboxylic acids is 3. The van der Waals surface area contributed by atoms with Crippen molar-refractivity contribution in [3.8, 4) is 0 Å². The third-order valence-corrected chi connectivity index (χ3v) is 3.71. The lowest BCUT2D eigenvalue weighted by Gasteiger charge is -2.07. The van der Waals surface area contributed by atoms with Gasteiger partial charge in [-0.3, -0.25) is 19.7 Å². The van der Waals surface area contributed by atoms with Crippen molar-refractivity contribution in [3.05, 3.63) is 58.9 Å². The summed E-state index contributed by atoms with van der Waals surface area (Å²) in [6.45, 7) is 3.47. The number of aromatic nitrogens is 1. The number of hydrogen-bond donors (Lipinski definition) is 1. The van der Waals surface area contributed by atoms with Crippen molar-refractivity contribution in [1.82, 2.24) is 9.88 Å². The molecule has 0 unspecified atom stereocenters. The van der Waals surface area contributed by atoms with Crippen LogP contribution in [0.5, 0.6) is 0 Å². The van der Waals surface area contributed by atoms with Crippen LogP contribution in [-0.4, -0.2) is 29.0 Å². The lowest BCUT2D eigenvalue weighted by Crippen LogP contribution is -2.35. The van der Waals surface area contributed by atoms with Gasteiger partial charge in [0.2, 0.25) is 0 Å². The average Bonchev–Trinajstić information content (AvgIpc) is 2.95. The van der Waals surface area contributed by atoms with Crippen LogP contribution in [0.25, 0.3) is 0 Å². The molecule has 2 aromatic rings. The molecule has 0 aliphatic carbocycles. The minimum atomic E-state index is -0.658. The molecule has 1 aromatic carbocycles. The van der Waals surface area contributed by atoms with Crippen molar-refractivity contribution in [3.63, 3.8) is 0 Å². The first kappa shape index (κ1) is 17.5. The Labute approximate surface area is 140 Å². The van der Waals surface area contributed by atoms with Crippen LogP contribution < -0.4 is 5.32 Å². The van der Waals surface area contributed by atoms with E-state index in [4.69, 9.17) is 4.74 Å². The van der Waals surface area contributed by atoms with Crippen LogP contribution >= 0.6 is 0 Å². The van der Waals surface area contributed by atoms with Crippen molar-refractivity contribution < 1.29 is 19.1 Å². The van der Waals surface area contributed by atoms with E-state index in [2.05, 4.69) is 5.32 Å². The van der Waals surface area contributed by atoms with Crippen molar-refractivity contribution in [2.24, 2.45) is 7.05 Å². The van der Waals surface area contributed by atoms with E-state index in [9.17, 15) is 14.4 Å². The van der Waals surface area contributed by atoms with E-state index in [1.54, 1.807) is 29.9 Å². The number of aryl methyl sites for hydroxylation is 3. The molecule has 0 aliphatic rings. The first-order valence-corrected chi connectivity index (χ1v) is 7.54. The van der Waals surface area contributed by atoms with Crippen LogP contribution in [0.3, 0.4) is 0 Å². The third-order valence-electron chi connectivity index (χ3n) is 3.71. The van der Waals surface area contributed by atoms with Gasteiger partial charge >= 0.3 is 5.97 Å². The molecule has 1 aromatic heterocycles. The summed E-state index contributed by atoms with van der Waals surface area (Å²) in [6, 6.07) is 8.98. The highest BCUT2D eigenvalue weighted by atomic mass is 16.5. The minimum absolute atomic E-state index is 0.0835. The number of hydrogen-bond acceptors (Lipinski definition) is 4. The second kappa shape index (κ2) is 7.59. The summed E-state index contributed by atoms with van der Waals surface area (Å²) in [5.41, 5.74) is 3.41. The molecule has 24 heavy (non-hydrogen) atoms. The largest absolute Gasteiger partial charge is 0.455 e. The van der Waals surface area contributed by atoms with Crippen LogP contribution in [0.15, 0.2) is 36.5 Å². The Hall–Kier alpha value is -2.89. The smallest absolute Gasteiger partial charge is 0.310 e. The zero-order valence-corrected chi connectivity index (χ0v) is 14.0. The third kappa shape index (κ3) is 4.55. The van der Waals surface area contributed by atoms with Gasteiger partial charge in [0.25, 0.3) is 11.8 Å². The van der Waals surface area contributed by atoms with E-state index in [1.165, 1.54) is 0 Å². The Bertz CT molecular complexity index is 777. The summed E-state index contributed by atoms with van der Waals surface area (Å²) in [5, 5.41) is 2.18. The fraction of sp³-hybridized carbons (Fsp3) is 0.278. The maximum atomic E-state index is 11.8. The fourth-order valence-electron chi connectivity index (χ4n) is 2.20. The standard InChI is InChI=1S/C18H20N2O4/c1-12-6-7-14(9-13(12)2)10-17(22)24-11-16(21)19-18(23)15-5-4-8-20(15)3/h4-9H,10-11H2,1-3H3,(H,19,21,23). The Morgan fingerprint density at radius 2 is 1.88 bits per heavy atom. The molecule has 0 radical (unpaired) electrons. The molecule has 1 heterocycles. The second-order valence-electron chi connectivity index (χ2n) is 5.64. The number of imide groups is 1. The summed E-state index contributed by atoms with van der Waals surface area (Å²) in [7, 11) is 1.70. The van der Waals surface area contributed by atoms with Crippen LogP contribution in [0.4, 0.5) is 0 Å². The van der Waals surface area contributed by atoms with E-state index in [-0.39, 0.29) is 6.42 Å². The van der Waals surface area contributed by atoms with E-state index in [0.717, 1.165) is 16.7 Å². The second-order valence-corrected chi connectivity index (χ2v) is 5.64. The van der Waals surface area contributed by atoms with Crippen LogP contribution in [0.2, 0.25) is 0 Å². The molecule has 0 atom stereocenters. The molecule has 0 bridgehead atoms. The highest BCUT2D eigenvalue weighted by Crippen LogP contribution is 2.10. The highest BCUT2D eigenvalue weighted by molar-refractivity contribution is 6.04. The topological polar surface area (TPSA) is 77.4 Å². The van der Waals surface area contributed by atoms with Crippen molar-refractivity contribution in [2.75, 3.05) is 6.61 Å². The molecular weight excluding hydrogens is 308 g/mol. The zero-order valence-electron chi connectivity index (χ0n) is 14.0. The number of esters is 1. The summed E-state index contributed by atoms with van der Waals surface area (Å²) in [6.07, 6.45) is 1.78. The molecule has 0 saturated heterocycles. The number of benzene rings is 1. The Morgan fingerprint density at radius 1 is 1.12 bits per heavy atom. The lowest BCUT2D eigenvalue weighted by atomic mass is 10.0. The molecule has 1 N–H and O–H groups in total. The molecule has 0 spiro atoms. The van der Waals surface area contributed by atoms with E-state index in [1.807, 2.05) is 32.0 Å². The molecule has 2 rings (SSSR count). The van der Waals surface area contributed by atoms with Crippen molar-refractivity contribution in [2.45, 2.75) is 20.3 Å². The van der Waals surface area contributed by atoms with Gasteiger partial charge in [-0.15, -0.1) is 0 Å². The van der Waals surface area contributed by atoms with Gasteiger partial charge in [-0.05, 0) is 42.7 Å². The van der Waals surface area contributed by atoms with E-state index < -0.39 is 24.4 Å². The Balaban J connectivity index is 1.80. The number of nitrogens with one attached hydrogen (secondary N) is 1. The molecule has 6 heteroatoms. The molecule has 0 saturated carbocycles. The monoisotopic (exact) mass is 328 g/mol. The van der Waals surface area contributed by atoms with E-state index >= 15 is 0 Å². The van der Waals surface area contributed by atoms with Crippen molar-refractivity contribution >= 4 is 17.8 Å². The number of carbonyl (C=O) groups is 3. The quantitative estimate of drug-likeness (QED) is 0.847. The maximum Gasteiger partial charge on any atom is 0.310 e. The van der Waals surface area contributed by atoms with Crippen molar-refractivity contribution in [1.29, 1.82) is 0 Å². The van der Waals surface area contributed by atoms with Gasteiger partial charge in [0, 0.05) is 13.2 Å². The van der Waals surface area contributed by atoms with Gasteiger partial charge in [0.1, 0.15) is 5.69 Å². The number of amides is 2. The SMILES string of the molecule is Cc1ccc(CC(=O)OCC(=O)NC(=O)c2cccn2C)cc1C. The Kier molecular flexibility index (Phi) is 5.52. The number of nitrogens with zero attached hydrogens (tertiary/aromatic N) is 1. The summed E-state index contributed by atoms with van der Waals surface area (Å²) >= 11 is 0. The predicted molar refractivity (Wildman–Crippen MR) is 88.5 cm³/mol. The molecule has 0 aliphatic heterocycles. The Morgan fingerprint density at radius 3 is 2.50 bits per heavy atom. The molecule has 0 fully saturated rings. The van der Waals surface area contributed by atoms with Crippen LogP contribution in [0.1, 0.15) is 27.2 Å². The minimum Gasteiger partial charge on any atom is -0.455 e. The van der Waals surface area contributed by atoms with Gasteiger partial charge in [0.05, 0.1) is 6.42 Å². The average molecular weight is 328 g/mol. The van der Waals surface area contributed by atoms with Crippen LogP contribution in [-0.2, 0) is 27.8 Å². The first-order chi connectivity index (χ1) is 11.4. The predicted octanol–water partition coefficient (Wildman–Crippen LogP) is 1.68. The molecule has 6 nitrogen and oxygen atoms in total. The zero-order chi connectivity index (χ0) is 17.7. The summed E-state index contributed by atoms with van der Waals surface area (Å²) in [4.78, 5) is 35.3. The summed E-state index contributed by atoms with van der Waals surface area (Å²) in [5.74, 6) is -1.70. The van der Waals surface area contributed by atoms with Crippen LogP contribution in [0, 0.1) is 13.8 Å². The highest BCUT2D eigenvalue weighted by Gasteiger charge is 2.14. The molecular formula is C18H20N2O4. The number of rotatable bonds is 5. The van der Waals surface area contributed by atoms with Gasteiger partial charge in [-0.25, -0.2) is 0 Å². The normalized spacial score (nSPS) is 10.3.